The number of carbonyl (C=O) groups is 2. The molecular weight excluding hydrogens is 280 g/mol. The molecule has 0 amide bonds. The predicted molar refractivity (Wildman–Crippen MR) is 81.2 cm³/mol. The topological polar surface area (TPSA) is 52.6 Å². The van der Waals surface area contributed by atoms with Crippen molar-refractivity contribution in [2.24, 2.45) is 0 Å². The molecule has 0 N–H and O–H groups in total. The van der Waals surface area contributed by atoms with E-state index in [1.165, 1.54) is 0 Å². The second-order valence-corrected chi connectivity index (χ2v) is 5.28. The summed E-state index contributed by atoms with van der Waals surface area (Å²) in [5, 5.41) is 0. The number of ketones is 2. The molecule has 112 valence electrons. The van der Waals surface area contributed by atoms with Crippen LogP contribution in [0.1, 0.15) is 43.0 Å². The second-order valence-electron chi connectivity index (χ2n) is 5.28. The van der Waals surface area contributed by atoms with Gasteiger partial charge in [0.1, 0.15) is 0 Å². The number of hydrogen-bond donors (Lipinski definition) is 0. The standard InChI is InChI=1S/C18H16O4/c1-21-9-11-3-5-13-15(7-11)17(19)14-6-4-12(10-22-2)8-16(14)18(13)20/h3-8H,9-10H2,1-2H3. The molecule has 3 rings (SSSR count). The van der Waals surface area contributed by atoms with Gasteiger partial charge in [-0.25, -0.2) is 0 Å². The van der Waals surface area contributed by atoms with E-state index in [-0.39, 0.29) is 11.6 Å². The van der Waals surface area contributed by atoms with Gasteiger partial charge < -0.3 is 9.47 Å². The van der Waals surface area contributed by atoms with Crippen LogP contribution in [-0.4, -0.2) is 25.8 Å². The van der Waals surface area contributed by atoms with Crippen molar-refractivity contribution in [1.29, 1.82) is 0 Å². The first-order chi connectivity index (χ1) is 10.7. The molecule has 4 heteroatoms. The fourth-order valence-corrected chi connectivity index (χ4v) is 2.76. The minimum Gasteiger partial charge on any atom is -0.380 e. The summed E-state index contributed by atoms with van der Waals surface area (Å²) in [6.07, 6.45) is 0. The van der Waals surface area contributed by atoms with Gasteiger partial charge in [-0.05, 0) is 35.4 Å². The maximum atomic E-state index is 12.7. The van der Waals surface area contributed by atoms with E-state index in [0.29, 0.717) is 35.5 Å². The molecule has 0 saturated heterocycles. The summed E-state index contributed by atoms with van der Waals surface area (Å²) in [5.74, 6) is -0.238. The lowest BCUT2D eigenvalue weighted by atomic mass is 9.82. The molecule has 0 aliphatic heterocycles. The molecule has 0 unspecified atom stereocenters. The molecule has 0 heterocycles. The predicted octanol–water partition coefficient (Wildman–Crippen LogP) is 2.75. The first kappa shape index (κ1) is 14.6. The number of methoxy groups -OCH3 is 2. The summed E-state index contributed by atoms with van der Waals surface area (Å²) in [5.41, 5.74) is 3.56. The highest BCUT2D eigenvalue weighted by atomic mass is 16.5. The monoisotopic (exact) mass is 296 g/mol. The zero-order valence-electron chi connectivity index (χ0n) is 12.5. The second kappa shape index (κ2) is 5.83. The van der Waals surface area contributed by atoms with Gasteiger partial charge in [0.15, 0.2) is 11.6 Å². The molecule has 22 heavy (non-hydrogen) atoms. The molecule has 0 aromatic heterocycles. The lowest BCUT2D eigenvalue weighted by Crippen LogP contribution is -2.21. The van der Waals surface area contributed by atoms with E-state index in [2.05, 4.69) is 0 Å². The van der Waals surface area contributed by atoms with Crippen LogP contribution < -0.4 is 0 Å². The Labute approximate surface area is 128 Å². The van der Waals surface area contributed by atoms with Gasteiger partial charge >= 0.3 is 0 Å². The maximum Gasteiger partial charge on any atom is 0.194 e. The van der Waals surface area contributed by atoms with Crippen molar-refractivity contribution in [3.05, 3.63) is 69.8 Å². The van der Waals surface area contributed by atoms with E-state index in [0.717, 1.165) is 11.1 Å². The highest BCUT2D eigenvalue weighted by Gasteiger charge is 2.29. The summed E-state index contributed by atoms with van der Waals surface area (Å²) < 4.78 is 10.2. The zero-order chi connectivity index (χ0) is 15.7. The molecule has 0 radical (unpaired) electrons. The van der Waals surface area contributed by atoms with Gasteiger partial charge in [-0.15, -0.1) is 0 Å². The van der Waals surface area contributed by atoms with Crippen LogP contribution in [0.3, 0.4) is 0 Å². The van der Waals surface area contributed by atoms with E-state index >= 15 is 0 Å². The quantitative estimate of drug-likeness (QED) is 0.743. The van der Waals surface area contributed by atoms with Crippen molar-refractivity contribution in [2.45, 2.75) is 13.2 Å². The average Bonchev–Trinajstić information content (AvgIpc) is 2.53. The Balaban J connectivity index is 2.10. The van der Waals surface area contributed by atoms with Gasteiger partial charge in [0.25, 0.3) is 0 Å². The molecule has 2 aromatic rings. The molecule has 0 fully saturated rings. The highest BCUT2D eigenvalue weighted by molar-refractivity contribution is 6.28. The SMILES string of the molecule is COCc1ccc2c(c1)C(=O)c1ccc(COC)cc1C2=O. The third kappa shape index (κ3) is 2.36. The van der Waals surface area contributed by atoms with Crippen LogP contribution in [-0.2, 0) is 22.7 Å². The average molecular weight is 296 g/mol. The van der Waals surface area contributed by atoms with Crippen LogP contribution in [0.2, 0.25) is 0 Å². The summed E-state index contributed by atoms with van der Waals surface area (Å²) >= 11 is 0. The van der Waals surface area contributed by atoms with Crippen LogP contribution in [0.4, 0.5) is 0 Å². The molecule has 4 nitrogen and oxygen atoms in total. The maximum absolute atomic E-state index is 12.7. The molecule has 1 aliphatic rings. The van der Waals surface area contributed by atoms with Crippen LogP contribution in [0, 0.1) is 0 Å². The van der Waals surface area contributed by atoms with Crippen molar-refractivity contribution < 1.29 is 19.1 Å². The number of fused-ring (bicyclic) bond motifs is 2. The van der Waals surface area contributed by atoms with E-state index in [4.69, 9.17) is 9.47 Å². The fraction of sp³-hybridized carbons (Fsp3) is 0.222. The summed E-state index contributed by atoms with van der Waals surface area (Å²) in [7, 11) is 3.19. The van der Waals surface area contributed by atoms with Crippen molar-refractivity contribution in [3.63, 3.8) is 0 Å². The number of ether oxygens (including phenoxy) is 2. The van der Waals surface area contributed by atoms with Gasteiger partial charge in [0.2, 0.25) is 0 Å². The highest BCUT2D eigenvalue weighted by Crippen LogP contribution is 2.29. The van der Waals surface area contributed by atoms with Gasteiger partial charge in [0, 0.05) is 36.5 Å². The largest absolute Gasteiger partial charge is 0.380 e. The Morgan fingerprint density at radius 2 is 1.09 bits per heavy atom. The van der Waals surface area contributed by atoms with Gasteiger partial charge in [-0.3, -0.25) is 9.59 Å². The van der Waals surface area contributed by atoms with E-state index < -0.39 is 0 Å². The first-order valence-electron chi connectivity index (χ1n) is 6.99. The fourth-order valence-electron chi connectivity index (χ4n) is 2.76. The summed E-state index contributed by atoms with van der Waals surface area (Å²) in [4.78, 5) is 25.3. The summed E-state index contributed by atoms with van der Waals surface area (Å²) in [6, 6.07) is 10.5. The zero-order valence-corrected chi connectivity index (χ0v) is 12.5. The third-order valence-electron chi connectivity index (χ3n) is 3.77. The molecule has 0 spiro atoms. The minimum absolute atomic E-state index is 0.119. The Kier molecular flexibility index (Phi) is 3.88. The van der Waals surface area contributed by atoms with E-state index in [1.54, 1.807) is 38.5 Å². The Morgan fingerprint density at radius 3 is 1.45 bits per heavy atom. The van der Waals surface area contributed by atoms with Crippen LogP contribution in [0.15, 0.2) is 36.4 Å². The Bertz CT molecular complexity index is 696. The van der Waals surface area contributed by atoms with Crippen molar-refractivity contribution in [1.82, 2.24) is 0 Å². The van der Waals surface area contributed by atoms with E-state index in [9.17, 15) is 9.59 Å². The van der Waals surface area contributed by atoms with E-state index in [1.807, 2.05) is 12.1 Å². The summed E-state index contributed by atoms with van der Waals surface area (Å²) in [6.45, 7) is 0.822. The third-order valence-corrected chi connectivity index (χ3v) is 3.77. The first-order valence-corrected chi connectivity index (χ1v) is 6.99. The smallest absolute Gasteiger partial charge is 0.194 e. The molecule has 0 bridgehead atoms. The molecule has 1 aliphatic carbocycles. The van der Waals surface area contributed by atoms with Gasteiger partial charge in [-0.2, -0.15) is 0 Å². The van der Waals surface area contributed by atoms with Crippen molar-refractivity contribution in [3.8, 4) is 0 Å². The van der Waals surface area contributed by atoms with Gasteiger partial charge in [-0.1, -0.05) is 12.1 Å². The van der Waals surface area contributed by atoms with Crippen molar-refractivity contribution >= 4 is 11.6 Å². The number of rotatable bonds is 4. The molecule has 0 atom stereocenters. The molecule has 0 saturated carbocycles. The number of benzene rings is 2. The normalized spacial score (nSPS) is 13.0. The number of hydrogen-bond acceptors (Lipinski definition) is 4. The van der Waals surface area contributed by atoms with Crippen LogP contribution in [0.5, 0.6) is 0 Å². The van der Waals surface area contributed by atoms with Crippen LogP contribution in [0.25, 0.3) is 0 Å². The number of carbonyl (C=O) groups excluding carboxylic acids is 2. The van der Waals surface area contributed by atoms with Crippen molar-refractivity contribution in [2.75, 3.05) is 14.2 Å². The van der Waals surface area contributed by atoms with Crippen LogP contribution >= 0.6 is 0 Å². The molecular formula is C18H16O4. The Morgan fingerprint density at radius 1 is 0.682 bits per heavy atom. The lowest BCUT2D eigenvalue weighted by Gasteiger charge is -2.19. The molecule has 2 aromatic carbocycles. The lowest BCUT2D eigenvalue weighted by molar-refractivity contribution is 0.0978. The minimum atomic E-state index is -0.119. The Hall–Kier alpha value is -2.30. The van der Waals surface area contributed by atoms with Gasteiger partial charge in [0.05, 0.1) is 13.2 Å².